The van der Waals surface area contributed by atoms with Crippen LogP contribution in [-0.2, 0) is 0 Å². The van der Waals surface area contributed by atoms with Crippen molar-refractivity contribution in [2.75, 3.05) is 24.5 Å². The molecule has 2 nitrogen and oxygen atoms in total. The van der Waals surface area contributed by atoms with Gasteiger partial charge in [-0.1, -0.05) is 13.8 Å². The second kappa shape index (κ2) is 5.70. The molecule has 0 amide bonds. The number of hydrogen-bond acceptors (Lipinski definition) is 2. The molecule has 0 aliphatic carbocycles. The monoisotopic (exact) mass is 250 g/mol. The minimum absolute atomic E-state index is 0.118. The third kappa shape index (κ3) is 3.22. The van der Waals surface area contributed by atoms with E-state index < -0.39 is 0 Å². The van der Waals surface area contributed by atoms with Gasteiger partial charge in [0.05, 0.1) is 0 Å². The van der Waals surface area contributed by atoms with Crippen molar-refractivity contribution in [3.63, 3.8) is 0 Å². The number of benzene rings is 1. The van der Waals surface area contributed by atoms with Crippen LogP contribution in [0.1, 0.15) is 25.8 Å². The molecule has 100 valence electrons. The lowest BCUT2D eigenvalue weighted by Gasteiger charge is -2.36. The Labute approximate surface area is 109 Å². The van der Waals surface area contributed by atoms with Gasteiger partial charge in [-0.25, -0.2) is 4.39 Å². The van der Waals surface area contributed by atoms with Gasteiger partial charge in [0.25, 0.3) is 0 Å². The number of hydrogen-bond donors (Lipinski definition) is 1. The van der Waals surface area contributed by atoms with Gasteiger partial charge in [-0.15, -0.1) is 0 Å². The molecule has 1 N–H and O–H groups in total. The quantitative estimate of drug-likeness (QED) is 0.887. The first-order valence-corrected chi connectivity index (χ1v) is 6.80. The summed E-state index contributed by atoms with van der Waals surface area (Å²) >= 11 is 0. The Hall–Kier alpha value is -1.09. The lowest BCUT2D eigenvalue weighted by atomic mass is 10.0. The Balaban J connectivity index is 2.05. The van der Waals surface area contributed by atoms with Crippen LogP contribution >= 0.6 is 0 Å². The van der Waals surface area contributed by atoms with Crippen molar-refractivity contribution in [1.82, 2.24) is 5.32 Å². The molecule has 0 aromatic heterocycles. The highest BCUT2D eigenvalue weighted by Crippen LogP contribution is 2.21. The van der Waals surface area contributed by atoms with Crippen LogP contribution in [0, 0.1) is 18.7 Å². The zero-order chi connectivity index (χ0) is 13.1. The van der Waals surface area contributed by atoms with E-state index in [1.165, 1.54) is 6.42 Å². The first-order valence-electron chi connectivity index (χ1n) is 6.80. The number of anilines is 1. The van der Waals surface area contributed by atoms with E-state index in [2.05, 4.69) is 24.1 Å². The summed E-state index contributed by atoms with van der Waals surface area (Å²) in [6.07, 6.45) is 1.19. The first-order chi connectivity index (χ1) is 8.56. The second-order valence-electron chi connectivity index (χ2n) is 5.66. The molecule has 2 rings (SSSR count). The average Bonchev–Trinajstić information content (AvgIpc) is 2.32. The summed E-state index contributed by atoms with van der Waals surface area (Å²) in [6.45, 7) is 9.36. The topological polar surface area (TPSA) is 15.3 Å². The molecule has 1 heterocycles. The van der Waals surface area contributed by atoms with Gasteiger partial charge in [0.1, 0.15) is 5.82 Å². The van der Waals surface area contributed by atoms with Crippen LogP contribution in [0.4, 0.5) is 10.1 Å². The fourth-order valence-corrected chi connectivity index (χ4v) is 2.61. The van der Waals surface area contributed by atoms with Crippen LogP contribution in [0.15, 0.2) is 18.2 Å². The van der Waals surface area contributed by atoms with Gasteiger partial charge in [0.2, 0.25) is 0 Å². The van der Waals surface area contributed by atoms with Crippen molar-refractivity contribution in [3.05, 3.63) is 29.6 Å². The Morgan fingerprint density at radius 2 is 2.22 bits per heavy atom. The third-order valence-corrected chi connectivity index (χ3v) is 3.52. The van der Waals surface area contributed by atoms with E-state index in [0.717, 1.165) is 30.9 Å². The summed E-state index contributed by atoms with van der Waals surface area (Å²) < 4.78 is 13.3. The molecule has 0 radical (unpaired) electrons. The van der Waals surface area contributed by atoms with Crippen molar-refractivity contribution >= 4 is 5.69 Å². The van der Waals surface area contributed by atoms with E-state index in [0.29, 0.717) is 12.0 Å². The molecule has 1 aromatic carbocycles. The molecule has 18 heavy (non-hydrogen) atoms. The first kappa shape index (κ1) is 13.3. The van der Waals surface area contributed by atoms with E-state index in [-0.39, 0.29) is 5.82 Å². The molecule has 1 fully saturated rings. The maximum absolute atomic E-state index is 13.3. The van der Waals surface area contributed by atoms with Crippen LogP contribution in [-0.4, -0.2) is 25.7 Å². The molecule has 1 aromatic rings. The molecular formula is C15H23FN2. The van der Waals surface area contributed by atoms with E-state index in [9.17, 15) is 4.39 Å². The zero-order valence-corrected chi connectivity index (χ0v) is 11.5. The van der Waals surface area contributed by atoms with Gasteiger partial charge in [0, 0.05) is 31.4 Å². The molecular weight excluding hydrogens is 227 g/mol. The lowest BCUT2D eigenvalue weighted by Crippen LogP contribution is -2.51. The number of nitrogens with zero attached hydrogens (tertiary/aromatic N) is 1. The SMILES string of the molecule is Cc1cc(N2CCNC(CC(C)C)C2)ccc1F. The van der Waals surface area contributed by atoms with Gasteiger partial charge >= 0.3 is 0 Å². The molecule has 1 saturated heterocycles. The van der Waals surface area contributed by atoms with Gasteiger partial charge in [0.15, 0.2) is 0 Å². The number of piperazine rings is 1. The predicted molar refractivity (Wildman–Crippen MR) is 74.6 cm³/mol. The highest BCUT2D eigenvalue weighted by Gasteiger charge is 2.20. The van der Waals surface area contributed by atoms with Crippen LogP contribution in [0.25, 0.3) is 0 Å². The molecule has 1 unspecified atom stereocenters. The van der Waals surface area contributed by atoms with Gasteiger partial charge < -0.3 is 10.2 Å². The maximum Gasteiger partial charge on any atom is 0.126 e. The summed E-state index contributed by atoms with van der Waals surface area (Å²) in [4.78, 5) is 2.36. The van der Waals surface area contributed by atoms with Crippen LogP contribution in [0.2, 0.25) is 0 Å². The summed E-state index contributed by atoms with van der Waals surface area (Å²) in [5.41, 5.74) is 1.87. The number of rotatable bonds is 3. The van der Waals surface area contributed by atoms with Gasteiger partial charge in [-0.2, -0.15) is 0 Å². The van der Waals surface area contributed by atoms with Crippen LogP contribution in [0.5, 0.6) is 0 Å². The minimum atomic E-state index is -0.118. The van der Waals surface area contributed by atoms with E-state index in [4.69, 9.17) is 0 Å². The van der Waals surface area contributed by atoms with Crippen molar-refractivity contribution in [2.45, 2.75) is 33.2 Å². The van der Waals surface area contributed by atoms with E-state index in [1.54, 1.807) is 6.07 Å². The second-order valence-corrected chi connectivity index (χ2v) is 5.66. The average molecular weight is 250 g/mol. The molecule has 0 saturated carbocycles. The smallest absolute Gasteiger partial charge is 0.126 e. The summed E-state index contributed by atoms with van der Waals surface area (Å²) in [5.74, 6) is 0.588. The Morgan fingerprint density at radius 1 is 1.44 bits per heavy atom. The van der Waals surface area contributed by atoms with Crippen molar-refractivity contribution in [1.29, 1.82) is 0 Å². The molecule has 1 aliphatic rings. The third-order valence-electron chi connectivity index (χ3n) is 3.52. The van der Waals surface area contributed by atoms with Gasteiger partial charge in [-0.3, -0.25) is 0 Å². The highest BCUT2D eigenvalue weighted by molar-refractivity contribution is 5.49. The molecule has 1 aliphatic heterocycles. The Morgan fingerprint density at radius 3 is 2.89 bits per heavy atom. The molecule has 1 atom stereocenters. The van der Waals surface area contributed by atoms with Crippen molar-refractivity contribution in [3.8, 4) is 0 Å². The lowest BCUT2D eigenvalue weighted by molar-refractivity contribution is 0.388. The van der Waals surface area contributed by atoms with Crippen LogP contribution < -0.4 is 10.2 Å². The molecule has 3 heteroatoms. The number of aryl methyl sites for hydroxylation is 1. The number of halogens is 1. The zero-order valence-electron chi connectivity index (χ0n) is 11.5. The predicted octanol–water partition coefficient (Wildman–Crippen LogP) is 2.96. The van der Waals surface area contributed by atoms with E-state index in [1.807, 2.05) is 19.1 Å². The van der Waals surface area contributed by atoms with Gasteiger partial charge in [-0.05, 0) is 43.0 Å². The summed E-state index contributed by atoms with van der Waals surface area (Å²) in [6, 6.07) is 5.96. The maximum atomic E-state index is 13.3. The summed E-state index contributed by atoms with van der Waals surface area (Å²) in [5, 5.41) is 3.56. The normalized spacial score (nSPS) is 20.5. The summed E-state index contributed by atoms with van der Waals surface area (Å²) in [7, 11) is 0. The fourth-order valence-electron chi connectivity index (χ4n) is 2.61. The van der Waals surface area contributed by atoms with Crippen LogP contribution in [0.3, 0.4) is 0 Å². The molecule has 0 spiro atoms. The Bertz CT molecular complexity index is 403. The molecule has 0 bridgehead atoms. The highest BCUT2D eigenvalue weighted by atomic mass is 19.1. The Kier molecular flexibility index (Phi) is 4.23. The fraction of sp³-hybridized carbons (Fsp3) is 0.600. The standard InChI is InChI=1S/C15H23FN2/c1-11(2)8-13-10-18(7-6-17-13)14-4-5-15(16)12(3)9-14/h4-5,9,11,13,17H,6-8,10H2,1-3H3. The number of nitrogens with one attached hydrogen (secondary N) is 1. The minimum Gasteiger partial charge on any atom is -0.369 e. The van der Waals surface area contributed by atoms with Crippen molar-refractivity contribution in [2.24, 2.45) is 5.92 Å². The van der Waals surface area contributed by atoms with E-state index >= 15 is 0 Å². The largest absolute Gasteiger partial charge is 0.369 e. The van der Waals surface area contributed by atoms with Crippen molar-refractivity contribution < 1.29 is 4.39 Å².